The summed E-state index contributed by atoms with van der Waals surface area (Å²) in [4.78, 5) is 14.2. The van der Waals surface area contributed by atoms with Gasteiger partial charge in [-0.15, -0.1) is 0 Å². The first-order valence-corrected chi connectivity index (χ1v) is 5.24. The zero-order valence-electron chi connectivity index (χ0n) is 9.19. The third-order valence-corrected chi connectivity index (χ3v) is 2.51. The SMILES string of the molecule is Cn1c(=O)[nH]c2c(OCCCN)cccc21. The van der Waals surface area contributed by atoms with Crippen molar-refractivity contribution in [3.05, 3.63) is 28.7 Å². The number of para-hydroxylation sites is 1. The Balaban J connectivity index is 2.38. The minimum Gasteiger partial charge on any atom is -0.491 e. The van der Waals surface area contributed by atoms with E-state index in [1.807, 2.05) is 18.2 Å². The molecular formula is C11H15N3O2. The van der Waals surface area contributed by atoms with Crippen LogP contribution in [0.3, 0.4) is 0 Å². The number of hydrogen-bond acceptors (Lipinski definition) is 3. The highest BCUT2D eigenvalue weighted by molar-refractivity contribution is 5.81. The fraction of sp³-hybridized carbons (Fsp3) is 0.364. The maximum Gasteiger partial charge on any atom is 0.326 e. The highest BCUT2D eigenvalue weighted by Crippen LogP contribution is 2.22. The first-order valence-electron chi connectivity index (χ1n) is 5.24. The summed E-state index contributed by atoms with van der Waals surface area (Å²) in [5.41, 5.74) is 6.84. The topological polar surface area (TPSA) is 73.0 Å². The molecule has 0 spiro atoms. The second-order valence-corrected chi connectivity index (χ2v) is 3.63. The number of benzene rings is 1. The lowest BCUT2D eigenvalue weighted by Crippen LogP contribution is -2.11. The van der Waals surface area contributed by atoms with Crippen LogP contribution in [0, 0.1) is 0 Å². The summed E-state index contributed by atoms with van der Waals surface area (Å²) >= 11 is 0. The monoisotopic (exact) mass is 221 g/mol. The van der Waals surface area contributed by atoms with Crippen molar-refractivity contribution < 1.29 is 4.74 Å². The molecule has 0 atom stereocenters. The van der Waals surface area contributed by atoms with Crippen LogP contribution in [0.1, 0.15) is 6.42 Å². The number of ether oxygens (including phenoxy) is 1. The highest BCUT2D eigenvalue weighted by Gasteiger charge is 2.07. The van der Waals surface area contributed by atoms with Crippen LogP contribution in [0.4, 0.5) is 0 Å². The molecule has 2 rings (SSSR count). The maximum absolute atomic E-state index is 11.5. The van der Waals surface area contributed by atoms with Gasteiger partial charge in [0, 0.05) is 7.05 Å². The molecule has 0 bridgehead atoms. The standard InChI is InChI=1S/C11H15N3O2/c1-14-8-4-2-5-9(16-7-3-6-12)10(8)13-11(14)15/h2,4-5H,3,6-7,12H2,1H3,(H,13,15). The summed E-state index contributed by atoms with van der Waals surface area (Å²) < 4.78 is 7.13. The minimum atomic E-state index is -0.134. The van der Waals surface area contributed by atoms with E-state index < -0.39 is 0 Å². The molecule has 1 aromatic carbocycles. The van der Waals surface area contributed by atoms with E-state index >= 15 is 0 Å². The Bertz CT molecular complexity index is 542. The van der Waals surface area contributed by atoms with E-state index in [4.69, 9.17) is 10.5 Å². The van der Waals surface area contributed by atoms with Crippen LogP contribution < -0.4 is 16.2 Å². The van der Waals surface area contributed by atoms with Crippen LogP contribution in [0.2, 0.25) is 0 Å². The van der Waals surface area contributed by atoms with Crippen LogP contribution in [0.25, 0.3) is 11.0 Å². The Morgan fingerprint density at radius 1 is 1.50 bits per heavy atom. The summed E-state index contributed by atoms with van der Waals surface area (Å²) in [5.74, 6) is 0.698. The molecule has 3 N–H and O–H groups in total. The van der Waals surface area contributed by atoms with Crippen LogP contribution in [-0.2, 0) is 7.05 Å². The molecule has 0 aliphatic carbocycles. The molecule has 86 valence electrons. The summed E-state index contributed by atoms with van der Waals surface area (Å²) in [6, 6.07) is 5.59. The Hall–Kier alpha value is -1.75. The van der Waals surface area contributed by atoms with Gasteiger partial charge in [-0.3, -0.25) is 4.57 Å². The van der Waals surface area contributed by atoms with E-state index in [1.54, 1.807) is 11.6 Å². The van der Waals surface area contributed by atoms with Gasteiger partial charge in [0.25, 0.3) is 0 Å². The van der Waals surface area contributed by atoms with Gasteiger partial charge in [0.05, 0.1) is 12.1 Å². The average molecular weight is 221 g/mol. The number of nitrogens with two attached hydrogens (primary N) is 1. The van der Waals surface area contributed by atoms with E-state index in [0.717, 1.165) is 17.5 Å². The van der Waals surface area contributed by atoms with Gasteiger partial charge in [0.2, 0.25) is 0 Å². The fourth-order valence-electron chi connectivity index (χ4n) is 1.61. The summed E-state index contributed by atoms with van der Waals surface area (Å²) in [5, 5.41) is 0. The van der Waals surface area contributed by atoms with Crippen LogP contribution in [0.15, 0.2) is 23.0 Å². The number of fused-ring (bicyclic) bond motifs is 1. The van der Waals surface area contributed by atoms with Gasteiger partial charge in [-0.1, -0.05) is 6.07 Å². The maximum atomic E-state index is 11.5. The Labute approximate surface area is 92.8 Å². The van der Waals surface area contributed by atoms with Gasteiger partial charge in [-0.2, -0.15) is 0 Å². The van der Waals surface area contributed by atoms with Crippen molar-refractivity contribution in [3.63, 3.8) is 0 Å². The van der Waals surface area contributed by atoms with Crippen molar-refractivity contribution in [2.75, 3.05) is 13.2 Å². The van der Waals surface area contributed by atoms with E-state index in [0.29, 0.717) is 18.9 Å². The van der Waals surface area contributed by atoms with Crippen LogP contribution in [-0.4, -0.2) is 22.7 Å². The zero-order valence-corrected chi connectivity index (χ0v) is 9.19. The van der Waals surface area contributed by atoms with E-state index in [1.165, 1.54) is 0 Å². The Morgan fingerprint density at radius 2 is 2.31 bits per heavy atom. The van der Waals surface area contributed by atoms with Crippen molar-refractivity contribution in [3.8, 4) is 5.75 Å². The minimum absolute atomic E-state index is 0.134. The summed E-state index contributed by atoms with van der Waals surface area (Å²) in [6.45, 7) is 1.16. The van der Waals surface area contributed by atoms with E-state index in [-0.39, 0.29) is 5.69 Å². The predicted molar refractivity (Wildman–Crippen MR) is 62.7 cm³/mol. The second kappa shape index (κ2) is 4.40. The lowest BCUT2D eigenvalue weighted by molar-refractivity contribution is 0.316. The lowest BCUT2D eigenvalue weighted by Gasteiger charge is -2.05. The molecule has 0 saturated heterocycles. The number of aromatic nitrogens is 2. The molecule has 5 heteroatoms. The van der Waals surface area contributed by atoms with Crippen molar-refractivity contribution >= 4 is 11.0 Å². The second-order valence-electron chi connectivity index (χ2n) is 3.63. The molecule has 0 fully saturated rings. The van der Waals surface area contributed by atoms with Gasteiger partial charge in [-0.25, -0.2) is 4.79 Å². The molecule has 2 aromatic rings. The Morgan fingerprint density at radius 3 is 3.06 bits per heavy atom. The van der Waals surface area contributed by atoms with Crippen molar-refractivity contribution in [2.24, 2.45) is 12.8 Å². The number of aryl methyl sites for hydroxylation is 1. The molecule has 1 aromatic heterocycles. The van der Waals surface area contributed by atoms with E-state index in [9.17, 15) is 4.79 Å². The zero-order chi connectivity index (χ0) is 11.5. The fourth-order valence-corrected chi connectivity index (χ4v) is 1.61. The van der Waals surface area contributed by atoms with Crippen molar-refractivity contribution in [1.82, 2.24) is 9.55 Å². The highest BCUT2D eigenvalue weighted by atomic mass is 16.5. The molecule has 0 aliphatic rings. The number of rotatable bonds is 4. The summed E-state index contributed by atoms with van der Waals surface area (Å²) in [7, 11) is 1.73. The quantitative estimate of drug-likeness (QED) is 0.742. The first-order chi connectivity index (χ1) is 7.74. The number of aromatic amines is 1. The smallest absolute Gasteiger partial charge is 0.326 e. The molecule has 16 heavy (non-hydrogen) atoms. The van der Waals surface area contributed by atoms with Gasteiger partial charge >= 0.3 is 5.69 Å². The number of H-pyrrole nitrogens is 1. The van der Waals surface area contributed by atoms with Crippen molar-refractivity contribution in [2.45, 2.75) is 6.42 Å². The van der Waals surface area contributed by atoms with Gasteiger partial charge in [0.1, 0.15) is 11.3 Å². The first kappa shape index (κ1) is 10.8. The molecule has 0 saturated carbocycles. The normalized spacial score (nSPS) is 10.9. The number of imidazole rings is 1. The number of hydrogen-bond donors (Lipinski definition) is 2. The van der Waals surface area contributed by atoms with Crippen LogP contribution >= 0.6 is 0 Å². The third-order valence-electron chi connectivity index (χ3n) is 2.51. The largest absolute Gasteiger partial charge is 0.491 e. The molecule has 0 amide bonds. The molecule has 1 heterocycles. The predicted octanol–water partition coefficient (Wildman–Crippen LogP) is 0.594. The van der Waals surface area contributed by atoms with Crippen molar-refractivity contribution in [1.29, 1.82) is 0 Å². The molecule has 0 aliphatic heterocycles. The van der Waals surface area contributed by atoms with Gasteiger partial charge in [0.15, 0.2) is 0 Å². The van der Waals surface area contributed by atoms with E-state index in [2.05, 4.69) is 4.98 Å². The average Bonchev–Trinajstić information content (AvgIpc) is 2.57. The number of nitrogens with one attached hydrogen (secondary N) is 1. The van der Waals surface area contributed by atoms with Gasteiger partial charge < -0.3 is 15.5 Å². The third kappa shape index (κ3) is 1.81. The Kier molecular flexibility index (Phi) is 2.96. The molecule has 0 radical (unpaired) electrons. The summed E-state index contributed by atoms with van der Waals surface area (Å²) in [6.07, 6.45) is 0.799. The lowest BCUT2D eigenvalue weighted by atomic mass is 10.3. The number of nitrogens with zero attached hydrogens (tertiary/aromatic N) is 1. The molecule has 5 nitrogen and oxygen atoms in total. The molecular weight excluding hydrogens is 206 g/mol. The van der Waals surface area contributed by atoms with Crippen LogP contribution in [0.5, 0.6) is 5.75 Å². The van der Waals surface area contributed by atoms with Gasteiger partial charge in [-0.05, 0) is 25.1 Å². The molecule has 0 unspecified atom stereocenters.